The second kappa shape index (κ2) is 3.73. The van der Waals surface area contributed by atoms with Crippen LogP contribution < -0.4 is 0 Å². The Labute approximate surface area is 97.1 Å². The summed E-state index contributed by atoms with van der Waals surface area (Å²) in [7, 11) is 1.83. The number of hydrogen-bond acceptors (Lipinski definition) is 2. The number of methoxy groups -OCH3 is 1. The first-order chi connectivity index (χ1) is 7.75. The Balaban J connectivity index is 1.57. The predicted molar refractivity (Wildman–Crippen MR) is 61.0 cm³/mol. The van der Waals surface area contributed by atoms with Gasteiger partial charge in [0.2, 0.25) is 5.91 Å². The van der Waals surface area contributed by atoms with E-state index in [4.69, 9.17) is 4.74 Å². The number of carbonyl (C=O) groups excluding carboxylic acids is 1. The van der Waals surface area contributed by atoms with Crippen LogP contribution >= 0.6 is 0 Å². The fourth-order valence-corrected chi connectivity index (χ4v) is 3.37. The molecule has 16 heavy (non-hydrogen) atoms. The molecule has 0 bridgehead atoms. The molecule has 0 aromatic rings. The topological polar surface area (TPSA) is 29.5 Å². The highest BCUT2D eigenvalue weighted by molar-refractivity contribution is 5.81. The molecule has 1 heterocycles. The SMILES string of the molecule is COC1CCC12CCN(C(=O)C1CC1)CC2. The lowest BCUT2D eigenvalue weighted by Crippen LogP contribution is -2.54. The minimum Gasteiger partial charge on any atom is -0.381 e. The first-order valence-corrected chi connectivity index (χ1v) is 6.57. The lowest BCUT2D eigenvalue weighted by atomic mass is 9.61. The lowest BCUT2D eigenvalue weighted by molar-refractivity contribution is -0.146. The van der Waals surface area contributed by atoms with E-state index in [0.29, 0.717) is 23.3 Å². The predicted octanol–water partition coefficient (Wildman–Crippen LogP) is 1.81. The molecule has 1 aliphatic heterocycles. The van der Waals surface area contributed by atoms with E-state index in [0.717, 1.165) is 38.8 Å². The van der Waals surface area contributed by atoms with E-state index in [1.165, 1.54) is 12.8 Å². The summed E-state index contributed by atoms with van der Waals surface area (Å²) in [6.45, 7) is 1.93. The summed E-state index contributed by atoms with van der Waals surface area (Å²) < 4.78 is 5.53. The van der Waals surface area contributed by atoms with Gasteiger partial charge in [-0.1, -0.05) is 0 Å². The maximum Gasteiger partial charge on any atom is 0.225 e. The molecule has 1 atom stereocenters. The molecule has 2 aliphatic carbocycles. The Kier molecular flexibility index (Phi) is 2.46. The van der Waals surface area contributed by atoms with Crippen molar-refractivity contribution in [1.29, 1.82) is 0 Å². The first kappa shape index (κ1) is 10.6. The van der Waals surface area contributed by atoms with Gasteiger partial charge in [0.15, 0.2) is 0 Å². The standard InChI is InChI=1S/C13H21NO2/c1-16-11-4-5-13(11)6-8-14(9-7-13)12(15)10-2-3-10/h10-11H,2-9H2,1H3. The van der Waals surface area contributed by atoms with Gasteiger partial charge in [0.05, 0.1) is 6.10 Å². The second-order valence-electron chi connectivity index (χ2n) is 5.72. The summed E-state index contributed by atoms with van der Waals surface area (Å²) in [5, 5.41) is 0. The number of hydrogen-bond donors (Lipinski definition) is 0. The van der Waals surface area contributed by atoms with E-state index in [1.54, 1.807) is 0 Å². The molecule has 2 saturated carbocycles. The van der Waals surface area contributed by atoms with Gasteiger partial charge in [0.25, 0.3) is 0 Å². The van der Waals surface area contributed by atoms with Crippen molar-refractivity contribution in [2.45, 2.75) is 44.6 Å². The van der Waals surface area contributed by atoms with E-state index in [1.807, 2.05) is 7.11 Å². The maximum absolute atomic E-state index is 11.9. The Morgan fingerprint density at radius 2 is 1.88 bits per heavy atom. The summed E-state index contributed by atoms with van der Waals surface area (Å²) in [5.74, 6) is 0.803. The smallest absolute Gasteiger partial charge is 0.225 e. The average molecular weight is 223 g/mol. The van der Waals surface area contributed by atoms with Crippen molar-refractivity contribution < 1.29 is 9.53 Å². The Morgan fingerprint density at radius 1 is 1.19 bits per heavy atom. The molecule has 3 fully saturated rings. The van der Waals surface area contributed by atoms with Crippen LogP contribution in [0.3, 0.4) is 0 Å². The second-order valence-corrected chi connectivity index (χ2v) is 5.72. The van der Waals surface area contributed by atoms with Crippen LogP contribution in [-0.4, -0.2) is 37.1 Å². The molecular weight excluding hydrogens is 202 g/mol. The highest BCUT2D eigenvalue weighted by Gasteiger charge is 2.49. The van der Waals surface area contributed by atoms with E-state index in [9.17, 15) is 4.79 Å². The number of piperidine rings is 1. The van der Waals surface area contributed by atoms with Gasteiger partial charge in [-0.25, -0.2) is 0 Å². The summed E-state index contributed by atoms with van der Waals surface area (Å²) >= 11 is 0. The van der Waals surface area contributed by atoms with Crippen molar-refractivity contribution in [2.24, 2.45) is 11.3 Å². The summed E-state index contributed by atoms with van der Waals surface area (Å²) in [6, 6.07) is 0. The van der Waals surface area contributed by atoms with Gasteiger partial charge in [-0.05, 0) is 38.5 Å². The number of nitrogens with zero attached hydrogens (tertiary/aromatic N) is 1. The van der Waals surface area contributed by atoms with E-state index < -0.39 is 0 Å². The van der Waals surface area contributed by atoms with Crippen LogP contribution in [0.1, 0.15) is 38.5 Å². The number of likely N-dealkylation sites (tertiary alicyclic amines) is 1. The molecule has 3 heteroatoms. The molecule has 0 aromatic carbocycles. The largest absolute Gasteiger partial charge is 0.381 e. The zero-order valence-corrected chi connectivity index (χ0v) is 10.1. The van der Waals surface area contributed by atoms with Crippen molar-refractivity contribution in [1.82, 2.24) is 4.90 Å². The molecule has 1 saturated heterocycles. The van der Waals surface area contributed by atoms with Crippen LogP contribution in [0.4, 0.5) is 0 Å². The summed E-state index contributed by atoms with van der Waals surface area (Å²) in [5.41, 5.74) is 0.426. The van der Waals surface area contributed by atoms with Crippen LogP contribution in [0.25, 0.3) is 0 Å². The van der Waals surface area contributed by atoms with Gasteiger partial charge in [0.1, 0.15) is 0 Å². The highest BCUT2D eigenvalue weighted by atomic mass is 16.5. The molecular formula is C13H21NO2. The fourth-order valence-electron chi connectivity index (χ4n) is 3.37. The molecule has 90 valence electrons. The van der Waals surface area contributed by atoms with Crippen molar-refractivity contribution in [3.63, 3.8) is 0 Å². The van der Waals surface area contributed by atoms with Gasteiger partial charge >= 0.3 is 0 Å². The van der Waals surface area contributed by atoms with Gasteiger partial charge in [0, 0.05) is 31.5 Å². The summed E-state index contributed by atoms with van der Waals surface area (Å²) in [4.78, 5) is 14.0. The fraction of sp³-hybridized carbons (Fsp3) is 0.923. The van der Waals surface area contributed by atoms with Crippen LogP contribution in [-0.2, 0) is 9.53 Å². The van der Waals surface area contributed by atoms with Crippen LogP contribution in [0.15, 0.2) is 0 Å². The third-order valence-corrected chi connectivity index (χ3v) is 4.87. The average Bonchev–Trinajstić information content (AvgIpc) is 3.11. The highest BCUT2D eigenvalue weighted by Crippen LogP contribution is 2.50. The minimum absolute atomic E-state index is 0.383. The molecule has 3 aliphatic rings. The number of amides is 1. The number of ether oxygens (including phenoxy) is 1. The maximum atomic E-state index is 11.9. The Morgan fingerprint density at radius 3 is 2.31 bits per heavy atom. The molecule has 1 spiro atoms. The number of carbonyl (C=O) groups is 1. The lowest BCUT2D eigenvalue weighted by Gasteiger charge is -2.53. The molecule has 0 radical (unpaired) electrons. The van der Waals surface area contributed by atoms with Crippen molar-refractivity contribution in [3.05, 3.63) is 0 Å². The molecule has 0 N–H and O–H groups in total. The quantitative estimate of drug-likeness (QED) is 0.714. The first-order valence-electron chi connectivity index (χ1n) is 6.57. The third kappa shape index (κ3) is 1.56. The zero-order chi connectivity index (χ0) is 11.2. The Bertz CT molecular complexity index is 288. The molecule has 3 rings (SSSR count). The normalized spacial score (nSPS) is 32.6. The van der Waals surface area contributed by atoms with Crippen molar-refractivity contribution in [2.75, 3.05) is 20.2 Å². The summed E-state index contributed by atoms with van der Waals surface area (Å²) in [6.07, 6.45) is 7.55. The minimum atomic E-state index is 0.383. The van der Waals surface area contributed by atoms with E-state index in [-0.39, 0.29) is 0 Å². The van der Waals surface area contributed by atoms with E-state index in [2.05, 4.69) is 4.90 Å². The third-order valence-electron chi connectivity index (χ3n) is 4.87. The van der Waals surface area contributed by atoms with Crippen LogP contribution in [0.2, 0.25) is 0 Å². The zero-order valence-electron chi connectivity index (χ0n) is 10.1. The van der Waals surface area contributed by atoms with Gasteiger partial charge in [-0.2, -0.15) is 0 Å². The van der Waals surface area contributed by atoms with E-state index >= 15 is 0 Å². The van der Waals surface area contributed by atoms with Crippen molar-refractivity contribution >= 4 is 5.91 Å². The number of rotatable bonds is 2. The monoisotopic (exact) mass is 223 g/mol. The van der Waals surface area contributed by atoms with Gasteiger partial charge in [-0.3, -0.25) is 4.79 Å². The molecule has 0 aromatic heterocycles. The molecule has 1 unspecified atom stereocenters. The molecule has 3 nitrogen and oxygen atoms in total. The van der Waals surface area contributed by atoms with Crippen molar-refractivity contribution in [3.8, 4) is 0 Å². The molecule has 1 amide bonds. The van der Waals surface area contributed by atoms with Crippen LogP contribution in [0, 0.1) is 11.3 Å². The van der Waals surface area contributed by atoms with Gasteiger partial charge in [-0.15, -0.1) is 0 Å². The van der Waals surface area contributed by atoms with Crippen LogP contribution in [0.5, 0.6) is 0 Å². The van der Waals surface area contributed by atoms with Gasteiger partial charge < -0.3 is 9.64 Å². The Hall–Kier alpha value is -0.570.